The number of ketones is 1. The summed E-state index contributed by atoms with van der Waals surface area (Å²) in [5.74, 6) is -0.477. The number of hydrogen-bond acceptors (Lipinski definition) is 6. The molecule has 6 heteroatoms. The highest BCUT2D eigenvalue weighted by atomic mass is 32.1. The van der Waals surface area contributed by atoms with Crippen LogP contribution in [0.5, 0.6) is 11.5 Å². The molecule has 2 aromatic rings. The highest BCUT2D eigenvalue weighted by Crippen LogP contribution is 2.43. The lowest BCUT2D eigenvalue weighted by atomic mass is 9.76. The van der Waals surface area contributed by atoms with Crippen LogP contribution in [0.2, 0.25) is 0 Å². The van der Waals surface area contributed by atoms with E-state index in [1.807, 2.05) is 35.7 Å². The monoisotopic (exact) mass is 386 g/mol. The topological polar surface area (TPSA) is 61.8 Å². The van der Waals surface area contributed by atoms with E-state index in [0.717, 1.165) is 16.0 Å². The largest absolute Gasteiger partial charge is 0.493 e. The Labute approximate surface area is 162 Å². The van der Waals surface area contributed by atoms with E-state index >= 15 is 0 Å². The molecule has 2 atom stereocenters. The molecule has 0 saturated carbocycles. The fraction of sp³-hybridized carbons (Fsp3) is 0.333. The Morgan fingerprint density at radius 2 is 1.96 bits per heavy atom. The lowest BCUT2D eigenvalue weighted by Gasteiger charge is -2.28. The van der Waals surface area contributed by atoms with Crippen LogP contribution in [0.1, 0.15) is 29.7 Å². The molecule has 3 rings (SSSR count). The molecule has 0 bridgehead atoms. The van der Waals surface area contributed by atoms with Crippen LogP contribution in [0.4, 0.5) is 0 Å². The van der Waals surface area contributed by atoms with Gasteiger partial charge in [0.05, 0.1) is 20.8 Å². The highest BCUT2D eigenvalue weighted by molar-refractivity contribution is 7.10. The number of carbonyl (C=O) groups is 2. The summed E-state index contributed by atoms with van der Waals surface area (Å²) >= 11 is 1.55. The fourth-order valence-electron chi connectivity index (χ4n) is 3.39. The molecule has 1 aromatic carbocycles. The van der Waals surface area contributed by atoms with E-state index in [0.29, 0.717) is 17.9 Å². The van der Waals surface area contributed by atoms with Crippen LogP contribution < -0.4 is 9.47 Å². The first-order chi connectivity index (χ1) is 13.1. The third-order valence-corrected chi connectivity index (χ3v) is 5.67. The number of methoxy groups -OCH3 is 2. The molecule has 0 aliphatic heterocycles. The number of esters is 1. The van der Waals surface area contributed by atoms with Gasteiger partial charge >= 0.3 is 5.97 Å². The van der Waals surface area contributed by atoms with Crippen LogP contribution in [0, 0.1) is 5.92 Å². The minimum absolute atomic E-state index is 0.220. The Balaban J connectivity index is 2.00. The summed E-state index contributed by atoms with van der Waals surface area (Å²) in [7, 11) is 3.16. The summed E-state index contributed by atoms with van der Waals surface area (Å²) in [5.41, 5.74) is 1.75. The van der Waals surface area contributed by atoms with Gasteiger partial charge in [0, 0.05) is 10.8 Å². The second kappa shape index (κ2) is 8.39. The molecule has 0 spiro atoms. The summed E-state index contributed by atoms with van der Waals surface area (Å²) in [4.78, 5) is 26.3. The van der Waals surface area contributed by atoms with E-state index in [-0.39, 0.29) is 18.3 Å². The van der Waals surface area contributed by atoms with Gasteiger partial charge in [0.15, 0.2) is 17.3 Å². The molecule has 0 N–H and O–H groups in total. The smallest absolute Gasteiger partial charge is 0.317 e. The molecule has 27 heavy (non-hydrogen) atoms. The van der Waals surface area contributed by atoms with Crippen molar-refractivity contribution in [3.63, 3.8) is 0 Å². The lowest BCUT2D eigenvalue weighted by molar-refractivity contribution is -0.151. The van der Waals surface area contributed by atoms with Gasteiger partial charge in [0.1, 0.15) is 5.92 Å². The minimum atomic E-state index is -0.799. The summed E-state index contributed by atoms with van der Waals surface area (Å²) in [6.07, 6.45) is 2.14. The zero-order chi connectivity index (χ0) is 19.4. The van der Waals surface area contributed by atoms with Crippen LogP contribution in [0.15, 0.2) is 41.8 Å². The zero-order valence-electron chi connectivity index (χ0n) is 15.6. The van der Waals surface area contributed by atoms with E-state index < -0.39 is 11.9 Å². The highest BCUT2D eigenvalue weighted by Gasteiger charge is 2.40. The molecule has 1 aliphatic carbocycles. The van der Waals surface area contributed by atoms with Crippen molar-refractivity contribution in [1.29, 1.82) is 0 Å². The molecule has 1 aromatic heterocycles. The Hall–Kier alpha value is -2.60. The number of thiophene rings is 1. The number of hydrogen-bond donors (Lipinski definition) is 0. The molecule has 142 valence electrons. The van der Waals surface area contributed by atoms with Crippen molar-refractivity contribution in [3.05, 3.63) is 52.2 Å². The predicted molar refractivity (Wildman–Crippen MR) is 104 cm³/mol. The van der Waals surface area contributed by atoms with Gasteiger partial charge in [-0.1, -0.05) is 12.1 Å². The fourth-order valence-corrected chi connectivity index (χ4v) is 4.26. The van der Waals surface area contributed by atoms with Crippen molar-refractivity contribution < 1.29 is 23.8 Å². The van der Waals surface area contributed by atoms with Crippen molar-refractivity contribution in [3.8, 4) is 11.5 Å². The number of benzene rings is 1. The zero-order valence-corrected chi connectivity index (χ0v) is 16.4. The van der Waals surface area contributed by atoms with E-state index in [1.165, 1.54) is 0 Å². The summed E-state index contributed by atoms with van der Waals surface area (Å²) in [6, 6.07) is 9.47. The van der Waals surface area contributed by atoms with Crippen molar-refractivity contribution in [2.45, 2.75) is 19.3 Å². The van der Waals surface area contributed by atoms with Gasteiger partial charge < -0.3 is 14.2 Å². The van der Waals surface area contributed by atoms with Crippen LogP contribution >= 0.6 is 11.3 Å². The predicted octanol–water partition coefficient (Wildman–Crippen LogP) is 4.08. The molecule has 5 nitrogen and oxygen atoms in total. The van der Waals surface area contributed by atoms with E-state index in [2.05, 4.69) is 0 Å². The van der Waals surface area contributed by atoms with E-state index in [4.69, 9.17) is 14.2 Å². The Bertz CT molecular complexity index is 853. The second-order valence-electron chi connectivity index (χ2n) is 6.20. The molecule has 0 unspecified atom stereocenters. The van der Waals surface area contributed by atoms with E-state index in [9.17, 15) is 9.59 Å². The SMILES string of the molecule is CCOC(=O)[C@@H]1C(=O)C=C(c2ccc(OC)c(OC)c2)C[C@@H]1c1cccs1. The van der Waals surface area contributed by atoms with Crippen molar-refractivity contribution in [2.75, 3.05) is 20.8 Å². The Kier molecular flexibility index (Phi) is 5.96. The average Bonchev–Trinajstić information content (AvgIpc) is 3.21. The van der Waals surface area contributed by atoms with Crippen molar-refractivity contribution in [1.82, 2.24) is 0 Å². The van der Waals surface area contributed by atoms with Gasteiger partial charge in [0.2, 0.25) is 0 Å². The van der Waals surface area contributed by atoms with Gasteiger partial charge in [-0.3, -0.25) is 9.59 Å². The third-order valence-electron chi connectivity index (χ3n) is 4.67. The van der Waals surface area contributed by atoms with Crippen LogP contribution in [-0.4, -0.2) is 32.6 Å². The molecule has 0 fully saturated rings. The van der Waals surface area contributed by atoms with Gasteiger partial charge in [-0.05, 0) is 54.1 Å². The van der Waals surface area contributed by atoms with Crippen LogP contribution in [0.25, 0.3) is 5.57 Å². The normalized spacial score (nSPS) is 19.4. The molecular formula is C21H22O5S. The number of ether oxygens (including phenoxy) is 3. The second-order valence-corrected chi connectivity index (χ2v) is 7.18. The molecule has 1 aliphatic rings. The number of rotatable bonds is 6. The Morgan fingerprint density at radius 3 is 2.59 bits per heavy atom. The maximum Gasteiger partial charge on any atom is 0.317 e. The van der Waals surface area contributed by atoms with Crippen molar-refractivity contribution >= 4 is 28.7 Å². The molecule has 0 radical (unpaired) electrons. The third kappa shape index (κ3) is 3.90. The first-order valence-electron chi connectivity index (χ1n) is 8.75. The van der Waals surface area contributed by atoms with Gasteiger partial charge in [0.25, 0.3) is 0 Å². The first kappa shape index (κ1) is 19.2. The standard InChI is InChI=1S/C21H22O5S/c1-4-26-21(23)20-15(19-6-5-9-27-19)10-14(11-16(20)22)13-7-8-17(24-2)18(12-13)25-3/h5-9,11-12,15,20H,4,10H2,1-3H3/t15-,20+/m1/s1. The molecule has 1 heterocycles. The van der Waals surface area contributed by atoms with Crippen LogP contribution in [0.3, 0.4) is 0 Å². The summed E-state index contributed by atoms with van der Waals surface area (Å²) < 4.78 is 15.8. The number of allylic oxidation sites excluding steroid dienone is 2. The first-order valence-corrected chi connectivity index (χ1v) is 9.63. The van der Waals surface area contributed by atoms with Crippen molar-refractivity contribution in [2.24, 2.45) is 5.92 Å². The summed E-state index contributed by atoms with van der Waals surface area (Å²) in [5, 5.41) is 1.95. The number of carbonyl (C=O) groups excluding carboxylic acids is 2. The molecule has 0 saturated heterocycles. The quantitative estimate of drug-likeness (QED) is 0.553. The maximum absolute atomic E-state index is 12.8. The lowest BCUT2D eigenvalue weighted by Crippen LogP contribution is -2.33. The van der Waals surface area contributed by atoms with Gasteiger partial charge in [-0.25, -0.2) is 0 Å². The molecule has 0 amide bonds. The summed E-state index contributed by atoms with van der Waals surface area (Å²) in [6.45, 7) is 2.00. The van der Waals surface area contributed by atoms with Gasteiger partial charge in [-0.2, -0.15) is 0 Å². The van der Waals surface area contributed by atoms with E-state index in [1.54, 1.807) is 38.6 Å². The minimum Gasteiger partial charge on any atom is -0.493 e. The van der Waals surface area contributed by atoms with Gasteiger partial charge in [-0.15, -0.1) is 11.3 Å². The van der Waals surface area contributed by atoms with Crippen LogP contribution in [-0.2, 0) is 14.3 Å². The molecular weight excluding hydrogens is 364 g/mol. The maximum atomic E-state index is 12.8. The average molecular weight is 386 g/mol. The Morgan fingerprint density at radius 1 is 1.19 bits per heavy atom.